The number of rotatable bonds is 8. The van der Waals surface area contributed by atoms with Gasteiger partial charge in [-0.2, -0.15) is 0 Å². The van der Waals surface area contributed by atoms with E-state index in [0.717, 1.165) is 22.2 Å². The molecule has 0 atom stereocenters. The molecule has 0 aliphatic heterocycles. The third kappa shape index (κ3) is 4.88. The van der Waals surface area contributed by atoms with Crippen LogP contribution in [-0.4, -0.2) is 43.9 Å². The van der Waals surface area contributed by atoms with Gasteiger partial charge in [0.2, 0.25) is 0 Å². The lowest BCUT2D eigenvalue weighted by molar-refractivity contribution is 0.602. The Morgan fingerprint density at radius 1 is 1.10 bits per heavy atom. The van der Waals surface area contributed by atoms with Gasteiger partial charge >= 0.3 is 0 Å². The van der Waals surface area contributed by atoms with Crippen molar-refractivity contribution in [2.24, 2.45) is 5.73 Å². The smallest absolute Gasteiger partial charge is 0.175 e. The summed E-state index contributed by atoms with van der Waals surface area (Å²) in [6.45, 7) is 1.20. The molecule has 0 spiro atoms. The van der Waals surface area contributed by atoms with Crippen LogP contribution in [0, 0.1) is 5.41 Å². The number of hydrogen-bond donors (Lipinski definition) is 4. The van der Waals surface area contributed by atoms with Gasteiger partial charge in [-0.1, -0.05) is 6.07 Å². The largest absolute Gasteiger partial charge is 0.404 e. The molecule has 3 aromatic rings. The van der Waals surface area contributed by atoms with Crippen molar-refractivity contribution < 1.29 is 8.42 Å². The number of hydrogen-bond acceptors (Lipinski definition) is 8. The van der Waals surface area contributed by atoms with Crippen LogP contribution >= 0.6 is 0 Å². The lowest BCUT2D eigenvalue weighted by atomic mass is 10.1. The number of sulfone groups is 1. The number of aromatic nitrogens is 2. The van der Waals surface area contributed by atoms with Gasteiger partial charge in [0, 0.05) is 48.4 Å². The van der Waals surface area contributed by atoms with E-state index in [0.29, 0.717) is 29.4 Å². The van der Waals surface area contributed by atoms with Crippen LogP contribution in [0.1, 0.15) is 5.56 Å². The molecular weight excluding hydrogens is 388 g/mol. The zero-order valence-electron chi connectivity index (χ0n) is 15.9. The molecule has 8 nitrogen and oxygen atoms in total. The Kier molecular flexibility index (Phi) is 6.08. The van der Waals surface area contributed by atoms with E-state index in [4.69, 9.17) is 11.1 Å². The van der Waals surface area contributed by atoms with E-state index in [1.54, 1.807) is 24.3 Å². The molecule has 3 rings (SSSR count). The molecule has 9 heteroatoms. The molecule has 0 amide bonds. The average molecular weight is 411 g/mol. The molecule has 0 fully saturated rings. The maximum Gasteiger partial charge on any atom is 0.175 e. The number of anilines is 2. The molecular formula is C20H22N6O2S. The zero-order chi connectivity index (χ0) is 20.9. The lowest BCUT2D eigenvalue weighted by Crippen LogP contribution is -2.14. The molecule has 0 aliphatic rings. The fraction of sp³-hybridized carbons (Fsp3) is 0.150. The maximum atomic E-state index is 11.5. The molecule has 0 saturated carbocycles. The van der Waals surface area contributed by atoms with Crippen LogP contribution < -0.4 is 16.4 Å². The first-order chi connectivity index (χ1) is 13.9. The molecule has 0 aliphatic carbocycles. The molecule has 2 aromatic carbocycles. The molecule has 1 heterocycles. The molecule has 5 N–H and O–H groups in total. The van der Waals surface area contributed by atoms with Crippen LogP contribution in [0.15, 0.2) is 59.9 Å². The van der Waals surface area contributed by atoms with Gasteiger partial charge in [-0.05, 0) is 42.0 Å². The molecule has 1 aromatic heterocycles. The standard InChI is InChI=1S/C20H22N6O2S/c1-29(27,28)17-5-3-16(4-6-17)23-8-9-24-20-18-10-14(15(11-21)12-22)2-7-19(18)25-13-26-20/h2-7,10-13,21,23H,8-9,22H2,1H3,(H,24,25,26)/b15-12+,21-11?. The van der Waals surface area contributed by atoms with E-state index in [9.17, 15) is 8.42 Å². The Hall–Kier alpha value is -3.46. The fourth-order valence-electron chi connectivity index (χ4n) is 2.81. The summed E-state index contributed by atoms with van der Waals surface area (Å²) in [6.07, 6.45) is 5.28. The van der Waals surface area contributed by atoms with Crippen LogP contribution in [0.3, 0.4) is 0 Å². The minimum absolute atomic E-state index is 0.292. The second-order valence-corrected chi connectivity index (χ2v) is 8.39. The summed E-state index contributed by atoms with van der Waals surface area (Å²) >= 11 is 0. The minimum atomic E-state index is -3.20. The van der Waals surface area contributed by atoms with Crippen LogP contribution in [0.4, 0.5) is 11.5 Å². The van der Waals surface area contributed by atoms with E-state index in [2.05, 4.69) is 20.6 Å². The average Bonchev–Trinajstić information content (AvgIpc) is 2.72. The van der Waals surface area contributed by atoms with Crippen molar-refractivity contribution in [2.75, 3.05) is 30.0 Å². The third-order valence-corrected chi connectivity index (χ3v) is 5.46. The fourth-order valence-corrected chi connectivity index (χ4v) is 3.44. The predicted molar refractivity (Wildman–Crippen MR) is 117 cm³/mol. The SMILES string of the molecule is CS(=O)(=O)c1ccc(NCCNc2ncnc3ccc(/C(C=N)=C/N)cc23)cc1. The normalized spacial score (nSPS) is 12.0. The van der Waals surface area contributed by atoms with Crippen molar-refractivity contribution in [3.05, 3.63) is 60.6 Å². The van der Waals surface area contributed by atoms with Crippen molar-refractivity contribution >= 4 is 44.0 Å². The first-order valence-electron chi connectivity index (χ1n) is 8.88. The summed E-state index contributed by atoms with van der Waals surface area (Å²) in [6, 6.07) is 12.3. The van der Waals surface area contributed by atoms with Gasteiger partial charge in [0.05, 0.1) is 10.4 Å². The van der Waals surface area contributed by atoms with Crippen LogP contribution in [-0.2, 0) is 9.84 Å². The van der Waals surface area contributed by atoms with E-state index in [-0.39, 0.29) is 0 Å². The second kappa shape index (κ2) is 8.70. The maximum absolute atomic E-state index is 11.5. The van der Waals surface area contributed by atoms with Crippen LogP contribution in [0.25, 0.3) is 16.5 Å². The Bertz CT molecular complexity index is 1160. The van der Waals surface area contributed by atoms with E-state index >= 15 is 0 Å². The van der Waals surface area contributed by atoms with Gasteiger partial charge in [0.1, 0.15) is 12.1 Å². The summed E-state index contributed by atoms with van der Waals surface area (Å²) in [5, 5.41) is 14.8. The van der Waals surface area contributed by atoms with Crippen molar-refractivity contribution in [1.82, 2.24) is 9.97 Å². The van der Waals surface area contributed by atoms with E-state index in [1.165, 1.54) is 25.0 Å². The monoisotopic (exact) mass is 410 g/mol. The summed E-state index contributed by atoms with van der Waals surface area (Å²) in [5.74, 6) is 0.687. The number of fused-ring (bicyclic) bond motifs is 1. The number of benzene rings is 2. The van der Waals surface area contributed by atoms with E-state index in [1.807, 2.05) is 18.2 Å². The minimum Gasteiger partial charge on any atom is -0.404 e. The first kappa shape index (κ1) is 20.3. The Labute approximate surface area is 169 Å². The highest BCUT2D eigenvalue weighted by Gasteiger charge is 2.07. The number of allylic oxidation sites excluding steroid dienone is 1. The highest BCUT2D eigenvalue weighted by Crippen LogP contribution is 2.23. The van der Waals surface area contributed by atoms with Crippen molar-refractivity contribution in [1.29, 1.82) is 5.41 Å². The zero-order valence-corrected chi connectivity index (χ0v) is 16.7. The summed E-state index contributed by atoms with van der Waals surface area (Å²) in [4.78, 5) is 8.88. The lowest BCUT2D eigenvalue weighted by Gasteiger charge is -2.11. The van der Waals surface area contributed by atoms with Gasteiger partial charge in [0.15, 0.2) is 9.84 Å². The summed E-state index contributed by atoms with van der Waals surface area (Å²) in [7, 11) is -3.20. The Balaban J connectivity index is 1.67. The molecule has 150 valence electrons. The van der Waals surface area contributed by atoms with Crippen molar-refractivity contribution in [3.63, 3.8) is 0 Å². The Morgan fingerprint density at radius 2 is 1.83 bits per heavy atom. The second-order valence-electron chi connectivity index (χ2n) is 6.37. The number of nitrogens with one attached hydrogen (secondary N) is 3. The van der Waals surface area contributed by atoms with Crippen molar-refractivity contribution in [2.45, 2.75) is 4.90 Å². The van der Waals surface area contributed by atoms with Crippen LogP contribution in [0.5, 0.6) is 0 Å². The van der Waals surface area contributed by atoms with Gasteiger partial charge in [0.25, 0.3) is 0 Å². The molecule has 29 heavy (non-hydrogen) atoms. The predicted octanol–water partition coefficient (Wildman–Crippen LogP) is 2.51. The topological polar surface area (TPSA) is 134 Å². The van der Waals surface area contributed by atoms with E-state index < -0.39 is 9.84 Å². The Morgan fingerprint density at radius 3 is 2.48 bits per heavy atom. The summed E-state index contributed by atoms with van der Waals surface area (Å²) in [5.41, 5.74) is 8.63. The summed E-state index contributed by atoms with van der Waals surface area (Å²) < 4.78 is 23.0. The van der Waals surface area contributed by atoms with Crippen molar-refractivity contribution in [3.8, 4) is 0 Å². The molecule has 0 bridgehead atoms. The molecule has 0 saturated heterocycles. The highest BCUT2D eigenvalue weighted by atomic mass is 32.2. The number of nitrogens with zero attached hydrogens (tertiary/aromatic N) is 2. The molecule has 0 radical (unpaired) electrons. The van der Waals surface area contributed by atoms with Gasteiger partial charge in [-0.25, -0.2) is 18.4 Å². The number of nitrogens with two attached hydrogens (primary N) is 1. The van der Waals surface area contributed by atoms with Gasteiger partial charge in [-0.15, -0.1) is 0 Å². The third-order valence-electron chi connectivity index (χ3n) is 4.33. The highest BCUT2D eigenvalue weighted by molar-refractivity contribution is 7.90. The van der Waals surface area contributed by atoms with Gasteiger partial charge < -0.3 is 21.8 Å². The van der Waals surface area contributed by atoms with Crippen LogP contribution in [0.2, 0.25) is 0 Å². The molecule has 0 unspecified atom stereocenters. The van der Waals surface area contributed by atoms with Gasteiger partial charge in [-0.3, -0.25) is 0 Å². The first-order valence-corrected chi connectivity index (χ1v) is 10.8. The quantitative estimate of drug-likeness (QED) is 0.331.